The quantitative estimate of drug-likeness (QED) is 0.472. The lowest BCUT2D eigenvalue weighted by Crippen LogP contribution is -2.25. The number of fused-ring (bicyclic) bond motifs is 2. The van der Waals surface area contributed by atoms with Crippen molar-refractivity contribution >= 4 is 0 Å². The van der Waals surface area contributed by atoms with Gasteiger partial charge in [0.2, 0.25) is 0 Å². The first-order chi connectivity index (χ1) is 5.86. The maximum Gasteiger partial charge on any atom is 0.0167 e. The minimum Gasteiger partial charge on any atom is -0.115 e. The summed E-state index contributed by atoms with van der Waals surface area (Å²) in [5, 5.41) is 0. The fraction of sp³-hybridized carbons (Fsp3) is 0.500. The van der Waals surface area contributed by atoms with Crippen molar-refractivity contribution in [2.24, 2.45) is 11.8 Å². The molecule has 0 aliphatic heterocycles. The lowest BCUT2D eigenvalue weighted by atomic mass is 9.67. The van der Waals surface area contributed by atoms with Crippen LogP contribution in [0.3, 0.4) is 0 Å². The molecule has 0 aromatic rings. The Morgan fingerprint density at radius 2 is 1.17 bits per heavy atom. The van der Waals surface area contributed by atoms with Gasteiger partial charge in [0.15, 0.2) is 0 Å². The van der Waals surface area contributed by atoms with Gasteiger partial charge >= 0.3 is 0 Å². The molecular formula is C12H12. The zero-order chi connectivity index (χ0) is 8.55. The standard InChI is InChI=1S/C12H12/c1-3-11-9-5-7-10(8-6-9)12(11)4-2/h1-2,9-10H,5-8H2. The third-order valence-corrected chi connectivity index (χ3v) is 3.14. The van der Waals surface area contributed by atoms with E-state index in [1.165, 1.54) is 25.7 Å². The molecule has 3 rings (SSSR count). The molecule has 0 heteroatoms. The largest absolute Gasteiger partial charge is 0.115 e. The average molecular weight is 156 g/mol. The Labute approximate surface area is 74.1 Å². The topological polar surface area (TPSA) is 0 Å². The van der Waals surface area contributed by atoms with Crippen LogP contribution in [0.5, 0.6) is 0 Å². The van der Waals surface area contributed by atoms with E-state index < -0.39 is 0 Å². The Morgan fingerprint density at radius 1 is 0.833 bits per heavy atom. The van der Waals surface area contributed by atoms with Gasteiger partial charge in [-0.3, -0.25) is 0 Å². The lowest BCUT2D eigenvalue weighted by molar-refractivity contribution is 0.309. The minimum atomic E-state index is 0.617. The third-order valence-electron chi connectivity index (χ3n) is 3.14. The van der Waals surface area contributed by atoms with Gasteiger partial charge in [-0.05, 0) is 37.5 Å². The summed E-state index contributed by atoms with van der Waals surface area (Å²) in [4.78, 5) is 0. The summed E-state index contributed by atoms with van der Waals surface area (Å²) in [5.41, 5.74) is 2.28. The summed E-state index contributed by atoms with van der Waals surface area (Å²) >= 11 is 0. The highest BCUT2D eigenvalue weighted by atomic mass is 14.4. The fourth-order valence-corrected chi connectivity index (χ4v) is 2.50. The Kier molecular flexibility index (Phi) is 1.70. The molecule has 0 N–H and O–H groups in total. The van der Waals surface area contributed by atoms with E-state index in [0.717, 1.165) is 11.1 Å². The highest BCUT2D eigenvalue weighted by molar-refractivity contribution is 5.46. The van der Waals surface area contributed by atoms with Crippen LogP contribution in [0, 0.1) is 36.5 Å². The van der Waals surface area contributed by atoms with Gasteiger partial charge in [0, 0.05) is 11.1 Å². The SMILES string of the molecule is C#CC1=C(C#C)C2CCC1CC2. The molecule has 0 nitrogen and oxygen atoms in total. The van der Waals surface area contributed by atoms with E-state index in [1.54, 1.807) is 0 Å². The summed E-state index contributed by atoms with van der Waals surface area (Å²) in [6.45, 7) is 0. The second-order valence-corrected chi connectivity index (χ2v) is 3.66. The van der Waals surface area contributed by atoms with E-state index in [0.29, 0.717) is 11.8 Å². The molecule has 3 aliphatic carbocycles. The predicted molar refractivity (Wildman–Crippen MR) is 50.1 cm³/mol. The van der Waals surface area contributed by atoms with Gasteiger partial charge in [-0.25, -0.2) is 0 Å². The third kappa shape index (κ3) is 0.886. The molecule has 0 aromatic carbocycles. The molecular weight excluding hydrogens is 144 g/mol. The van der Waals surface area contributed by atoms with E-state index in [1.807, 2.05) is 0 Å². The van der Waals surface area contributed by atoms with Crippen molar-refractivity contribution in [1.29, 1.82) is 0 Å². The van der Waals surface area contributed by atoms with Crippen molar-refractivity contribution < 1.29 is 0 Å². The van der Waals surface area contributed by atoms with Crippen LogP contribution in [0.15, 0.2) is 11.1 Å². The Bertz CT molecular complexity index is 266. The van der Waals surface area contributed by atoms with E-state index >= 15 is 0 Å². The van der Waals surface area contributed by atoms with Gasteiger partial charge < -0.3 is 0 Å². The van der Waals surface area contributed by atoms with Gasteiger partial charge in [0.1, 0.15) is 0 Å². The van der Waals surface area contributed by atoms with Gasteiger partial charge in [-0.15, -0.1) is 12.8 Å². The lowest BCUT2D eigenvalue weighted by Gasteiger charge is -2.36. The second-order valence-electron chi connectivity index (χ2n) is 3.66. The molecule has 0 aromatic heterocycles. The highest BCUT2D eigenvalue weighted by Gasteiger charge is 2.33. The highest BCUT2D eigenvalue weighted by Crippen LogP contribution is 2.44. The van der Waals surface area contributed by atoms with Crippen LogP contribution in [0.25, 0.3) is 0 Å². The van der Waals surface area contributed by atoms with Crippen LogP contribution in [-0.4, -0.2) is 0 Å². The molecule has 0 unspecified atom stereocenters. The van der Waals surface area contributed by atoms with E-state index in [4.69, 9.17) is 12.8 Å². The zero-order valence-corrected chi connectivity index (χ0v) is 7.14. The van der Waals surface area contributed by atoms with Crippen LogP contribution in [0.4, 0.5) is 0 Å². The smallest absolute Gasteiger partial charge is 0.0167 e. The maximum absolute atomic E-state index is 5.45. The molecule has 0 amide bonds. The maximum atomic E-state index is 5.45. The van der Waals surface area contributed by atoms with Crippen molar-refractivity contribution in [3.63, 3.8) is 0 Å². The van der Waals surface area contributed by atoms with E-state index in [9.17, 15) is 0 Å². The molecule has 1 saturated carbocycles. The van der Waals surface area contributed by atoms with Crippen molar-refractivity contribution in [1.82, 2.24) is 0 Å². The predicted octanol–water partition coefficient (Wildman–Crippen LogP) is 2.37. The van der Waals surface area contributed by atoms with Crippen LogP contribution >= 0.6 is 0 Å². The molecule has 0 spiro atoms. The normalized spacial score (nSPS) is 32.8. The van der Waals surface area contributed by atoms with E-state index in [2.05, 4.69) is 11.8 Å². The van der Waals surface area contributed by atoms with Crippen molar-refractivity contribution in [2.75, 3.05) is 0 Å². The first-order valence-electron chi connectivity index (χ1n) is 4.54. The first-order valence-corrected chi connectivity index (χ1v) is 4.54. The number of rotatable bonds is 0. The number of hydrogen-bond donors (Lipinski definition) is 0. The van der Waals surface area contributed by atoms with Gasteiger partial charge in [0.25, 0.3) is 0 Å². The summed E-state index contributed by atoms with van der Waals surface area (Å²) in [7, 11) is 0. The minimum absolute atomic E-state index is 0.617. The van der Waals surface area contributed by atoms with Crippen LogP contribution in [0.1, 0.15) is 25.7 Å². The molecule has 0 heterocycles. The van der Waals surface area contributed by atoms with Crippen LogP contribution in [0.2, 0.25) is 0 Å². The van der Waals surface area contributed by atoms with Gasteiger partial charge in [-0.2, -0.15) is 0 Å². The van der Waals surface area contributed by atoms with Crippen molar-refractivity contribution in [3.05, 3.63) is 11.1 Å². The number of allylic oxidation sites excluding steroid dienone is 2. The molecule has 3 aliphatic rings. The number of terminal acetylenes is 2. The Balaban J connectivity index is 2.47. The van der Waals surface area contributed by atoms with Crippen LogP contribution in [-0.2, 0) is 0 Å². The monoisotopic (exact) mass is 156 g/mol. The Hall–Kier alpha value is -1.14. The molecule has 2 bridgehead atoms. The van der Waals surface area contributed by atoms with E-state index in [-0.39, 0.29) is 0 Å². The van der Waals surface area contributed by atoms with Crippen molar-refractivity contribution in [2.45, 2.75) is 25.7 Å². The molecule has 0 saturated heterocycles. The summed E-state index contributed by atoms with van der Waals surface area (Å²) in [6, 6.07) is 0. The molecule has 0 radical (unpaired) electrons. The second kappa shape index (κ2) is 2.72. The van der Waals surface area contributed by atoms with Gasteiger partial charge in [-0.1, -0.05) is 11.8 Å². The first kappa shape index (κ1) is 7.51. The molecule has 1 fully saturated rings. The summed E-state index contributed by atoms with van der Waals surface area (Å²) in [6.07, 6.45) is 15.9. The van der Waals surface area contributed by atoms with Gasteiger partial charge in [0.05, 0.1) is 0 Å². The molecule has 12 heavy (non-hydrogen) atoms. The Morgan fingerprint density at radius 3 is 1.42 bits per heavy atom. The molecule has 60 valence electrons. The number of hydrogen-bond acceptors (Lipinski definition) is 0. The van der Waals surface area contributed by atoms with Crippen LogP contribution < -0.4 is 0 Å². The molecule has 0 atom stereocenters. The summed E-state index contributed by atoms with van der Waals surface area (Å²) < 4.78 is 0. The average Bonchev–Trinajstić information content (AvgIpc) is 2.18. The fourth-order valence-electron chi connectivity index (χ4n) is 2.50. The zero-order valence-electron chi connectivity index (χ0n) is 7.14. The van der Waals surface area contributed by atoms with Crippen molar-refractivity contribution in [3.8, 4) is 24.7 Å². The summed E-state index contributed by atoms with van der Waals surface area (Å²) in [5.74, 6) is 6.78.